The molecule has 1 heterocycles. The van der Waals surface area contributed by atoms with E-state index >= 15 is 0 Å². The van der Waals surface area contributed by atoms with Gasteiger partial charge in [0.25, 0.3) is 5.91 Å². The van der Waals surface area contributed by atoms with Gasteiger partial charge in [0, 0.05) is 25.4 Å². The number of halogens is 1. The molecule has 1 aliphatic heterocycles. The van der Waals surface area contributed by atoms with Crippen LogP contribution in [0.25, 0.3) is 0 Å². The second kappa shape index (κ2) is 8.02. The molecule has 4 nitrogen and oxygen atoms in total. The zero-order valence-electron chi connectivity index (χ0n) is 10.9. The van der Waals surface area contributed by atoms with Gasteiger partial charge in [-0.25, -0.2) is 0 Å². The highest BCUT2D eigenvalue weighted by molar-refractivity contribution is 5.98. The first-order chi connectivity index (χ1) is 8.77. The van der Waals surface area contributed by atoms with E-state index in [-0.39, 0.29) is 18.3 Å². The highest BCUT2D eigenvalue weighted by Crippen LogP contribution is 2.17. The van der Waals surface area contributed by atoms with Crippen LogP contribution < -0.4 is 11.1 Å². The Morgan fingerprint density at radius 3 is 2.68 bits per heavy atom. The second-order valence-electron chi connectivity index (χ2n) is 4.69. The molecule has 0 radical (unpaired) electrons. The summed E-state index contributed by atoms with van der Waals surface area (Å²) in [7, 11) is 0. The molecule has 0 saturated carbocycles. The molecule has 3 N–H and O–H groups in total. The lowest BCUT2D eigenvalue weighted by Gasteiger charge is -2.21. The van der Waals surface area contributed by atoms with E-state index in [1.54, 1.807) is 12.1 Å². The van der Waals surface area contributed by atoms with Gasteiger partial charge in [0.15, 0.2) is 0 Å². The number of carbonyl (C=O) groups is 1. The SMILES string of the molecule is Cl.Nc1ccccc1C(=O)NCCC1CCOCC1. The molecule has 1 aromatic carbocycles. The summed E-state index contributed by atoms with van der Waals surface area (Å²) in [5.74, 6) is 0.590. The summed E-state index contributed by atoms with van der Waals surface area (Å²) < 4.78 is 5.31. The number of hydrogen-bond acceptors (Lipinski definition) is 3. The number of hydrogen-bond donors (Lipinski definition) is 2. The molecule has 1 aliphatic rings. The van der Waals surface area contributed by atoms with Crippen LogP contribution in [0.15, 0.2) is 24.3 Å². The standard InChI is InChI=1S/C14H20N2O2.ClH/c15-13-4-2-1-3-12(13)14(17)16-8-5-11-6-9-18-10-7-11;/h1-4,11H,5-10,15H2,(H,16,17);1H. The number of carbonyl (C=O) groups excluding carboxylic acids is 1. The molecule has 2 rings (SSSR count). The summed E-state index contributed by atoms with van der Waals surface area (Å²) in [6.45, 7) is 2.41. The summed E-state index contributed by atoms with van der Waals surface area (Å²) in [6, 6.07) is 7.14. The Kier molecular flexibility index (Phi) is 6.67. The third-order valence-electron chi connectivity index (χ3n) is 3.38. The smallest absolute Gasteiger partial charge is 0.253 e. The zero-order valence-corrected chi connectivity index (χ0v) is 11.7. The Hall–Kier alpha value is -1.26. The number of rotatable bonds is 4. The van der Waals surface area contributed by atoms with Crippen LogP contribution in [0.2, 0.25) is 0 Å². The van der Waals surface area contributed by atoms with Gasteiger partial charge in [-0.3, -0.25) is 4.79 Å². The molecule has 0 aliphatic carbocycles. The summed E-state index contributed by atoms with van der Waals surface area (Å²) >= 11 is 0. The predicted molar refractivity (Wildman–Crippen MR) is 78.6 cm³/mol. The molecule has 106 valence electrons. The van der Waals surface area contributed by atoms with Gasteiger partial charge in [-0.1, -0.05) is 12.1 Å². The molecule has 5 heteroatoms. The Balaban J connectivity index is 0.00000180. The fourth-order valence-corrected chi connectivity index (χ4v) is 2.22. The maximum Gasteiger partial charge on any atom is 0.253 e. The van der Waals surface area contributed by atoms with Crippen molar-refractivity contribution in [2.75, 3.05) is 25.5 Å². The van der Waals surface area contributed by atoms with Gasteiger partial charge in [-0.05, 0) is 37.3 Å². The minimum atomic E-state index is -0.0832. The molecule has 0 aromatic heterocycles. The second-order valence-corrected chi connectivity index (χ2v) is 4.69. The van der Waals surface area contributed by atoms with Crippen molar-refractivity contribution in [3.8, 4) is 0 Å². The van der Waals surface area contributed by atoms with Crippen LogP contribution in [0, 0.1) is 5.92 Å². The van der Waals surface area contributed by atoms with E-state index in [0.29, 0.717) is 23.7 Å². The van der Waals surface area contributed by atoms with Gasteiger partial charge < -0.3 is 15.8 Å². The molecular formula is C14H21ClN2O2. The van der Waals surface area contributed by atoms with Gasteiger partial charge in [0.1, 0.15) is 0 Å². The summed E-state index contributed by atoms with van der Waals surface area (Å²) in [5, 5.41) is 2.93. The van der Waals surface area contributed by atoms with E-state index < -0.39 is 0 Å². The summed E-state index contributed by atoms with van der Waals surface area (Å²) in [6.07, 6.45) is 3.22. The fraction of sp³-hybridized carbons (Fsp3) is 0.500. The van der Waals surface area contributed by atoms with E-state index in [1.807, 2.05) is 12.1 Å². The van der Waals surface area contributed by atoms with E-state index in [2.05, 4.69) is 5.32 Å². The van der Waals surface area contributed by atoms with Crippen LogP contribution in [0.3, 0.4) is 0 Å². The number of nitrogen functional groups attached to an aromatic ring is 1. The largest absolute Gasteiger partial charge is 0.398 e. The molecule has 0 unspecified atom stereocenters. The van der Waals surface area contributed by atoms with Gasteiger partial charge in [-0.2, -0.15) is 0 Å². The molecule has 1 aromatic rings. The molecule has 0 spiro atoms. The van der Waals surface area contributed by atoms with Crippen molar-refractivity contribution in [3.05, 3.63) is 29.8 Å². The maximum atomic E-state index is 11.9. The third kappa shape index (κ3) is 4.73. The maximum absolute atomic E-state index is 11.9. The summed E-state index contributed by atoms with van der Waals surface area (Å²) in [5.41, 5.74) is 6.85. The molecule has 0 bridgehead atoms. The Morgan fingerprint density at radius 2 is 2.00 bits per heavy atom. The number of para-hydroxylation sites is 1. The molecular weight excluding hydrogens is 264 g/mol. The zero-order chi connectivity index (χ0) is 12.8. The average molecular weight is 285 g/mol. The average Bonchev–Trinajstić information content (AvgIpc) is 2.40. The summed E-state index contributed by atoms with van der Waals surface area (Å²) in [4.78, 5) is 11.9. The molecule has 1 saturated heterocycles. The topological polar surface area (TPSA) is 64.4 Å². The van der Waals surface area contributed by atoms with E-state index in [1.165, 1.54) is 0 Å². The number of ether oxygens (including phenoxy) is 1. The van der Waals surface area contributed by atoms with Gasteiger partial charge in [-0.15, -0.1) is 12.4 Å². The van der Waals surface area contributed by atoms with Gasteiger partial charge in [0.2, 0.25) is 0 Å². The highest BCUT2D eigenvalue weighted by Gasteiger charge is 2.14. The molecule has 0 atom stereocenters. The lowest BCUT2D eigenvalue weighted by molar-refractivity contribution is 0.0636. The number of anilines is 1. The number of nitrogens with one attached hydrogen (secondary N) is 1. The molecule has 1 fully saturated rings. The van der Waals surface area contributed by atoms with Gasteiger partial charge in [0.05, 0.1) is 5.56 Å². The van der Waals surface area contributed by atoms with Crippen molar-refractivity contribution < 1.29 is 9.53 Å². The van der Waals surface area contributed by atoms with Crippen molar-refractivity contribution in [1.29, 1.82) is 0 Å². The van der Waals surface area contributed by atoms with Crippen molar-refractivity contribution in [2.45, 2.75) is 19.3 Å². The van der Waals surface area contributed by atoms with E-state index in [9.17, 15) is 4.79 Å². The fourth-order valence-electron chi connectivity index (χ4n) is 2.22. The Morgan fingerprint density at radius 1 is 1.32 bits per heavy atom. The van der Waals surface area contributed by atoms with Crippen molar-refractivity contribution in [2.24, 2.45) is 5.92 Å². The lowest BCUT2D eigenvalue weighted by Crippen LogP contribution is -2.28. The van der Waals surface area contributed by atoms with Gasteiger partial charge >= 0.3 is 0 Å². The molecule has 1 amide bonds. The van der Waals surface area contributed by atoms with Crippen LogP contribution in [0.1, 0.15) is 29.6 Å². The Labute approximate surface area is 120 Å². The monoisotopic (exact) mass is 284 g/mol. The number of nitrogens with two attached hydrogens (primary N) is 1. The Bertz CT molecular complexity index is 406. The van der Waals surface area contributed by atoms with Crippen LogP contribution in [-0.2, 0) is 4.74 Å². The van der Waals surface area contributed by atoms with E-state index in [0.717, 1.165) is 32.5 Å². The van der Waals surface area contributed by atoms with Crippen LogP contribution in [0.4, 0.5) is 5.69 Å². The van der Waals surface area contributed by atoms with Crippen LogP contribution >= 0.6 is 12.4 Å². The van der Waals surface area contributed by atoms with E-state index in [4.69, 9.17) is 10.5 Å². The number of benzene rings is 1. The highest BCUT2D eigenvalue weighted by atomic mass is 35.5. The lowest BCUT2D eigenvalue weighted by atomic mass is 9.96. The molecule has 19 heavy (non-hydrogen) atoms. The minimum absolute atomic E-state index is 0. The van der Waals surface area contributed by atoms with Crippen LogP contribution in [-0.4, -0.2) is 25.7 Å². The number of amides is 1. The third-order valence-corrected chi connectivity index (χ3v) is 3.38. The van der Waals surface area contributed by atoms with Crippen molar-refractivity contribution >= 4 is 24.0 Å². The minimum Gasteiger partial charge on any atom is -0.398 e. The normalized spacial score (nSPS) is 15.6. The quantitative estimate of drug-likeness (QED) is 0.834. The first kappa shape index (κ1) is 15.8. The first-order valence-electron chi connectivity index (χ1n) is 6.48. The predicted octanol–water partition coefficient (Wildman–Crippen LogP) is 2.24. The van der Waals surface area contributed by atoms with Crippen LogP contribution in [0.5, 0.6) is 0 Å². The first-order valence-corrected chi connectivity index (χ1v) is 6.48. The van der Waals surface area contributed by atoms with Crippen molar-refractivity contribution in [1.82, 2.24) is 5.32 Å². The van der Waals surface area contributed by atoms with Crippen molar-refractivity contribution in [3.63, 3.8) is 0 Å².